The van der Waals surface area contributed by atoms with Crippen LogP contribution in [-0.4, -0.2) is 9.78 Å². The van der Waals surface area contributed by atoms with Crippen LogP contribution in [0.4, 0.5) is 5.69 Å². The zero-order valence-corrected chi connectivity index (χ0v) is 10.6. The minimum Gasteiger partial charge on any atom is -0.398 e. The van der Waals surface area contributed by atoms with Crippen LogP contribution in [0.1, 0.15) is 4.88 Å². The van der Waals surface area contributed by atoms with Crippen LogP contribution < -0.4 is 5.73 Å². The SMILES string of the molecule is Nc1ccccc1-c1cnn(Cc2cccs2)c1. The summed E-state index contributed by atoms with van der Waals surface area (Å²) in [7, 11) is 0. The monoisotopic (exact) mass is 255 g/mol. The second kappa shape index (κ2) is 4.66. The molecule has 3 rings (SSSR count). The van der Waals surface area contributed by atoms with Crippen molar-refractivity contribution in [2.24, 2.45) is 0 Å². The topological polar surface area (TPSA) is 43.8 Å². The van der Waals surface area contributed by atoms with Crippen molar-refractivity contribution in [3.8, 4) is 11.1 Å². The lowest BCUT2D eigenvalue weighted by Crippen LogP contribution is -1.97. The molecular formula is C14H13N3S. The molecule has 2 aromatic heterocycles. The van der Waals surface area contributed by atoms with E-state index >= 15 is 0 Å². The second-order valence-corrected chi connectivity index (χ2v) is 5.13. The molecule has 0 bridgehead atoms. The fourth-order valence-corrected chi connectivity index (χ4v) is 2.61. The normalized spacial score (nSPS) is 10.7. The Bertz CT molecular complexity index is 641. The van der Waals surface area contributed by atoms with Gasteiger partial charge in [-0.3, -0.25) is 4.68 Å². The largest absolute Gasteiger partial charge is 0.398 e. The Balaban J connectivity index is 1.88. The zero-order chi connectivity index (χ0) is 12.4. The number of nitrogens with zero attached hydrogens (tertiary/aromatic N) is 2. The molecule has 0 aliphatic carbocycles. The van der Waals surface area contributed by atoms with Crippen LogP contribution in [0, 0.1) is 0 Å². The summed E-state index contributed by atoms with van der Waals surface area (Å²) in [5.74, 6) is 0. The van der Waals surface area contributed by atoms with Gasteiger partial charge in [-0.05, 0) is 17.5 Å². The van der Waals surface area contributed by atoms with Gasteiger partial charge in [0.25, 0.3) is 0 Å². The molecule has 0 radical (unpaired) electrons. The molecule has 2 N–H and O–H groups in total. The van der Waals surface area contributed by atoms with Crippen LogP contribution >= 0.6 is 11.3 Å². The van der Waals surface area contributed by atoms with Gasteiger partial charge in [-0.15, -0.1) is 11.3 Å². The number of para-hydroxylation sites is 1. The third-order valence-corrected chi connectivity index (χ3v) is 3.66. The fraction of sp³-hybridized carbons (Fsp3) is 0.0714. The maximum Gasteiger partial charge on any atom is 0.0752 e. The van der Waals surface area contributed by atoms with Crippen molar-refractivity contribution in [2.75, 3.05) is 5.73 Å². The van der Waals surface area contributed by atoms with Gasteiger partial charge in [0.15, 0.2) is 0 Å². The van der Waals surface area contributed by atoms with E-state index < -0.39 is 0 Å². The van der Waals surface area contributed by atoms with Crippen molar-refractivity contribution in [2.45, 2.75) is 6.54 Å². The van der Waals surface area contributed by atoms with Gasteiger partial charge in [0.1, 0.15) is 0 Å². The molecule has 0 aliphatic rings. The smallest absolute Gasteiger partial charge is 0.0752 e. The van der Waals surface area contributed by atoms with Crippen LogP contribution in [0.25, 0.3) is 11.1 Å². The molecule has 0 spiro atoms. The first-order valence-corrected chi connectivity index (χ1v) is 6.60. The van der Waals surface area contributed by atoms with Gasteiger partial charge in [0.05, 0.1) is 12.7 Å². The summed E-state index contributed by atoms with van der Waals surface area (Å²) in [6.45, 7) is 0.810. The molecule has 3 aromatic rings. The van der Waals surface area contributed by atoms with Crippen molar-refractivity contribution in [3.05, 3.63) is 59.0 Å². The molecule has 90 valence electrons. The minimum absolute atomic E-state index is 0.785. The van der Waals surface area contributed by atoms with E-state index in [0.717, 1.165) is 23.4 Å². The van der Waals surface area contributed by atoms with Crippen LogP contribution in [0.3, 0.4) is 0 Å². The highest BCUT2D eigenvalue weighted by molar-refractivity contribution is 7.09. The number of hydrogen-bond donors (Lipinski definition) is 1. The average Bonchev–Trinajstić information content (AvgIpc) is 3.02. The zero-order valence-electron chi connectivity index (χ0n) is 9.78. The number of anilines is 1. The molecule has 0 fully saturated rings. The summed E-state index contributed by atoms with van der Waals surface area (Å²) in [5.41, 5.74) is 8.85. The van der Waals surface area contributed by atoms with Crippen LogP contribution in [0.15, 0.2) is 54.2 Å². The van der Waals surface area contributed by atoms with Gasteiger partial charge in [-0.1, -0.05) is 24.3 Å². The van der Waals surface area contributed by atoms with E-state index in [-0.39, 0.29) is 0 Å². The third kappa shape index (κ3) is 2.15. The molecule has 1 aromatic carbocycles. The first-order chi connectivity index (χ1) is 8.83. The molecule has 0 atom stereocenters. The van der Waals surface area contributed by atoms with Gasteiger partial charge in [-0.2, -0.15) is 5.10 Å². The van der Waals surface area contributed by atoms with E-state index in [2.05, 4.69) is 22.6 Å². The minimum atomic E-state index is 0.785. The molecule has 0 unspecified atom stereocenters. The quantitative estimate of drug-likeness (QED) is 0.730. The molecule has 0 saturated carbocycles. The number of thiophene rings is 1. The number of nitrogens with two attached hydrogens (primary N) is 1. The predicted molar refractivity (Wildman–Crippen MR) is 75.5 cm³/mol. The molecule has 4 heteroatoms. The Morgan fingerprint density at radius 1 is 1.17 bits per heavy atom. The lowest BCUT2D eigenvalue weighted by molar-refractivity contribution is 0.695. The Kier molecular flexibility index (Phi) is 2.86. The summed E-state index contributed by atoms with van der Waals surface area (Å²) in [4.78, 5) is 1.30. The lowest BCUT2D eigenvalue weighted by Gasteiger charge is -2.01. The highest BCUT2D eigenvalue weighted by Crippen LogP contribution is 2.25. The molecule has 0 amide bonds. The van der Waals surface area contributed by atoms with E-state index in [1.807, 2.05) is 41.3 Å². The van der Waals surface area contributed by atoms with Crippen molar-refractivity contribution >= 4 is 17.0 Å². The summed E-state index contributed by atoms with van der Waals surface area (Å²) in [6, 6.07) is 12.0. The number of aromatic nitrogens is 2. The molecule has 3 nitrogen and oxygen atoms in total. The summed E-state index contributed by atoms with van der Waals surface area (Å²) in [5, 5.41) is 6.45. The van der Waals surface area contributed by atoms with Gasteiger partial charge in [0.2, 0.25) is 0 Å². The van der Waals surface area contributed by atoms with E-state index in [9.17, 15) is 0 Å². The molecule has 2 heterocycles. The molecule has 0 saturated heterocycles. The third-order valence-electron chi connectivity index (χ3n) is 2.80. The van der Waals surface area contributed by atoms with Crippen molar-refractivity contribution in [1.82, 2.24) is 9.78 Å². The van der Waals surface area contributed by atoms with E-state index in [1.165, 1.54) is 4.88 Å². The first kappa shape index (κ1) is 11.0. The standard InChI is InChI=1S/C14H13N3S/c15-14-6-2-1-5-13(14)11-8-16-17(9-11)10-12-4-3-7-18-12/h1-9H,10,15H2. The van der Waals surface area contributed by atoms with Crippen molar-refractivity contribution in [3.63, 3.8) is 0 Å². The highest BCUT2D eigenvalue weighted by Gasteiger charge is 2.05. The van der Waals surface area contributed by atoms with Crippen LogP contribution in [0.2, 0.25) is 0 Å². The predicted octanol–water partition coefficient (Wildman–Crippen LogP) is 3.24. The second-order valence-electron chi connectivity index (χ2n) is 4.09. The summed E-state index contributed by atoms with van der Waals surface area (Å²) < 4.78 is 1.94. The Labute approximate surface area is 109 Å². The van der Waals surface area contributed by atoms with E-state index in [1.54, 1.807) is 11.3 Å². The van der Waals surface area contributed by atoms with Gasteiger partial charge >= 0.3 is 0 Å². The average molecular weight is 255 g/mol. The lowest BCUT2D eigenvalue weighted by atomic mass is 10.1. The number of benzene rings is 1. The summed E-state index contributed by atoms with van der Waals surface area (Å²) in [6.07, 6.45) is 3.89. The maximum absolute atomic E-state index is 5.96. The van der Waals surface area contributed by atoms with Gasteiger partial charge < -0.3 is 5.73 Å². The van der Waals surface area contributed by atoms with E-state index in [4.69, 9.17) is 5.73 Å². The Morgan fingerprint density at radius 2 is 2.06 bits per heavy atom. The Morgan fingerprint density at radius 3 is 2.83 bits per heavy atom. The molecule has 18 heavy (non-hydrogen) atoms. The number of nitrogen functional groups attached to an aromatic ring is 1. The summed E-state index contributed by atoms with van der Waals surface area (Å²) >= 11 is 1.74. The number of hydrogen-bond acceptors (Lipinski definition) is 3. The first-order valence-electron chi connectivity index (χ1n) is 5.72. The number of rotatable bonds is 3. The van der Waals surface area contributed by atoms with Gasteiger partial charge in [0, 0.05) is 27.9 Å². The van der Waals surface area contributed by atoms with E-state index in [0.29, 0.717) is 0 Å². The Hall–Kier alpha value is -2.07. The molecular weight excluding hydrogens is 242 g/mol. The van der Waals surface area contributed by atoms with Crippen LogP contribution in [0.5, 0.6) is 0 Å². The highest BCUT2D eigenvalue weighted by atomic mass is 32.1. The van der Waals surface area contributed by atoms with Crippen LogP contribution in [-0.2, 0) is 6.54 Å². The van der Waals surface area contributed by atoms with Gasteiger partial charge in [-0.25, -0.2) is 0 Å². The van der Waals surface area contributed by atoms with Crippen molar-refractivity contribution in [1.29, 1.82) is 0 Å². The fourth-order valence-electron chi connectivity index (χ4n) is 1.91. The maximum atomic E-state index is 5.96. The molecule has 0 aliphatic heterocycles. The van der Waals surface area contributed by atoms with Crippen molar-refractivity contribution < 1.29 is 0 Å².